The Kier molecular flexibility index (Phi) is 6.15. The van der Waals surface area contributed by atoms with E-state index in [0.717, 1.165) is 19.3 Å². The molecule has 180 valence electrons. The minimum Gasteiger partial charge on any atom is -0.454 e. The molecule has 0 saturated heterocycles. The lowest BCUT2D eigenvalue weighted by atomic mass is 9.48. The van der Waals surface area contributed by atoms with Gasteiger partial charge in [0, 0.05) is 10.4 Å². The van der Waals surface area contributed by atoms with Crippen molar-refractivity contribution < 1.29 is 22.7 Å². The van der Waals surface area contributed by atoms with Crippen molar-refractivity contribution in [2.45, 2.75) is 43.4 Å². The highest BCUT2D eigenvalue weighted by Gasteiger charge is 2.54. The fraction of sp³-hybridized carbons (Fsp3) is 0.440. The third-order valence-electron chi connectivity index (χ3n) is 7.52. The molecule has 0 aromatic heterocycles. The Hall–Kier alpha value is -2.09. The largest absolute Gasteiger partial charge is 0.454 e. The molecule has 4 aliphatic rings. The van der Waals surface area contributed by atoms with Crippen LogP contribution in [0.5, 0.6) is 0 Å². The van der Waals surface area contributed by atoms with Crippen molar-refractivity contribution in [2.24, 2.45) is 23.2 Å². The van der Waals surface area contributed by atoms with E-state index in [4.69, 9.17) is 27.9 Å². The smallest absolute Gasteiger partial charge is 0.338 e. The fourth-order valence-corrected chi connectivity index (χ4v) is 7.90. The van der Waals surface area contributed by atoms with Crippen LogP contribution in [0, 0.1) is 23.2 Å². The van der Waals surface area contributed by atoms with E-state index in [9.17, 15) is 18.0 Å². The third kappa shape index (κ3) is 4.58. The zero-order valence-corrected chi connectivity index (χ0v) is 20.8. The number of anilines is 1. The molecule has 6 nitrogen and oxygen atoms in total. The summed E-state index contributed by atoms with van der Waals surface area (Å²) in [7, 11) is -4.04. The molecule has 0 unspecified atom stereocenters. The predicted molar refractivity (Wildman–Crippen MR) is 130 cm³/mol. The van der Waals surface area contributed by atoms with E-state index in [2.05, 4.69) is 4.72 Å². The summed E-state index contributed by atoms with van der Waals surface area (Å²) in [6.07, 6.45) is 6.38. The molecular weight excluding hydrogens is 497 g/mol. The summed E-state index contributed by atoms with van der Waals surface area (Å²) in [6, 6.07) is 9.92. The van der Waals surface area contributed by atoms with Gasteiger partial charge in [0.2, 0.25) is 0 Å². The average molecular weight is 522 g/mol. The van der Waals surface area contributed by atoms with Crippen LogP contribution in [0.15, 0.2) is 47.4 Å². The fourth-order valence-electron chi connectivity index (χ4n) is 6.39. The molecule has 2 aromatic carbocycles. The number of Topliss-reactive ketones (excluding diaryl/α,β-unsaturated/α-hetero) is 1. The lowest BCUT2D eigenvalue weighted by Crippen LogP contribution is -2.51. The number of halogens is 2. The molecule has 9 heteroatoms. The molecular formula is C25H25Cl2NO5S. The minimum absolute atomic E-state index is 0.000918. The normalized spacial score (nSPS) is 27.4. The summed E-state index contributed by atoms with van der Waals surface area (Å²) in [6.45, 7) is -0.279. The number of ketones is 1. The van der Waals surface area contributed by atoms with Crippen molar-refractivity contribution in [2.75, 3.05) is 11.3 Å². The number of nitrogens with one attached hydrogen (secondary N) is 1. The van der Waals surface area contributed by atoms with Gasteiger partial charge in [-0.05, 0) is 92.7 Å². The number of sulfonamides is 1. The Balaban J connectivity index is 1.26. The van der Waals surface area contributed by atoms with Gasteiger partial charge in [0.25, 0.3) is 10.0 Å². The number of rotatable bonds is 7. The highest BCUT2D eigenvalue weighted by Crippen LogP contribution is 2.60. The van der Waals surface area contributed by atoms with Gasteiger partial charge in [-0.2, -0.15) is 0 Å². The standard InChI is InChI=1S/C25H25Cl2NO5S/c26-19-4-5-21(27)22(10-19)28-34(31,32)20-3-1-2-18(9-20)24(30)33-14-23(29)25-11-15-6-16(12-25)8-17(7-15)13-25/h1-5,9-10,15-17,28H,6-8,11-14H2. The summed E-state index contributed by atoms with van der Waals surface area (Å²) in [5, 5.41) is 0.509. The number of carbonyl (C=O) groups is 2. The van der Waals surface area contributed by atoms with Crippen LogP contribution in [0.25, 0.3) is 0 Å². The van der Waals surface area contributed by atoms with Gasteiger partial charge in [-0.15, -0.1) is 0 Å². The van der Waals surface area contributed by atoms with Gasteiger partial charge in [-0.1, -0.05) is 29.3 Å². The lowest BCUT2D eigenvalue weighted by molar-refractivity contribution is -0.147. The maximum Gasteiger partial charge on any atom is 0.338 e. The average Bonchev–Trinajstić information content (AvgIpc) is 2.78. The molecule has 0 radical (unpaired) electrons. The monoisotopic (exact) mass is 521 g/mol. The molecule has 34 heavy (non-hydrogen) atoms. The van der Waals surface area contributed by atoms with E-state index in [1.807, 2.05) is 0 Å². The Morgan fingerprint density at radius 1 is 0.971 bits per heavy atom. The Bertz CT molecular complexity index is 1220. The predicted octanol–water partition coefficient (Wildman–Crippen LogP) is 5.74. The van der Waals surface area contributed by atoms with Crippen LogP contribution >= 0.6 is 23.2 Å². The van der Waals surface area contributed by atoms with Crippen molar-refractivity contribution >= 4 is 50.7 Å². The van der Waals surface area contributed by atoms with Gasteiger partial charge in [0.05, 0.1) is 21.2 Å². The topological polar surface area (TPSA) is 89.5 Å². The Labute approximate surface area is 209 Å². The van der Waals surface area contributed by atoms with Crippen LogP contribution in [0.4, 0.5) is 5.69 Å². The number of hydrogen-bond acceptors (Lipinski definition) is 5. The van der Waals surface area contributed by atoms with Crippen molar-refractivity contribution in [1.82, 2.24) is 0 Å². The molecule has 2 aromatic rings. The van der Waals surface area contributed by atoms with Crippen molar-refractivity contribution in [1.29, 1.82) is 0 Å². The second-order valence-electron chi connectivity index (χ2n) is 9.95. The molecule has 4 bridgehead atoms. The Morgan fingerprint density at radius 3 is 2.26 bits per heavy atom. The molecule has 6 rings (SSSR count). The quantitative estimate of drug-likeness (QED) is 0.469. The van der Waals surface area contributed by atoms with Crippen LogP contribution in [0.2, 0.25) is 10.0 Å². The lowest BCUT2D eigenvalue weighted by Gasteiger charge is -2.55. The first kappa shape index (κ1) is 23.6. The van der Waals surface area contributed by atoms with Gasteiger partial charge >= 0.3 is 5.97 Å². The highest BCUT2D eigenvalue weighted by atomic mass is 35.5. The van der Waals surface area contributed by atoms with Crippen LogP contribution in [-0.2, 0) is 19.6 Å². The van der Waals surface area contributed by atoms with Crippen LogP contribution < -0.4 is 4.72 Å². The number of benzene rings is 2. The van der Waals surface area contributed by atoms with E-state index in [1.165, 1.54) is 55.7 Å². The van der Waals surface area contributed by atoms with E-state index in [1.54, 1.807) is 6.07 Å². The van der Waals surface area contributed by atoms with Crippen molar-refractivity contribution in [3.63, 3.8) is 0 Å². The first-order valence-electron chi connectivity index (χ1n) is 11.4. The molecule has 4 fully saturated rings. The molecule has 4 aliphatic carbocycles. The molecule has 0 atom stereocenters. The first-order chi connectivity index (χ1) is 16.1. The number of hydrogen-bond donors (Lipinski definition) is 1. The first-order valence-corrected chi connectivity index (χ1v) is 13.7. The maximum atomic E-state index is 13.1. The maximum absolute atomic E-state index is 13.1. The number of carbonyl (C=O) groups excluding carboxylic acids is 2. The van der Waals surface area contributed by atoms with E-state index in [0.29, 0.717) is 22.8 Å². The highest BCUT2D eigenvalue weighted by molar-refractivity contribution is 7.92. The van der Waals surface area contributed by atoms with Crippen LogP contribution in [0.3, 0.4) is 0 Å². The van der Waals surface area contributed by atoms with E-state index in [-0.39, 0.29) is 39.0 Å². The van der Waals surface area contributed by atoms with Crippen molar-refractivity contribution in [3.05, 3.63) is 58.1 Å². The third-order valence-corrected chi connectivity index (χ3v) is 9.44. The summed E-state index contributed by atoms with van der Waals surface area (Å²) < 4.78 is 33.4. The summed E-state index contributed by atoms with van der Waals surface area (Å²) in [5.74, 6) is 1.13. The van der Waals surface area contributed by atoms with Gasteiger partial charge < -0.3 is 4.74 Å². The van der Waals surface area contributed by atoms with Crippen molar-refractivity contribution in [3.8, 4) is 0 Å². The van der Waals surface area contributed by atoms with Gasteiger partial charge in [-0.25, -0.2) is 13.2 Å². The molecule has 0 aliphatic heterocycles. The zero-order chi connectivity index (χ0) is 24.1. The second kappa shape index (κ2) is 8.85. The number of ether oxygens (including phenoxy) is 1. The summed E-state index contributed by atoms with van der Waals surface area (Å²) in [4.78, 5) is 25.7. The van der Waals surface area contributed by atoms with Gasteiger partial charge in [0.1, 0.15) is 0 Å². The molecule has 0 heterocycles. The number of esters is 1. The van der Waals surface area contributed by atoms with Gasteiger partial charge in [-0.3, -0.25) is 9.52 Å². The SMILES string of the molecule is O=C(OCC(=O)C12CC3CC(CC(C3)C1)C2)c1cccc(S(=O)(=O)Nc2cc(Cl)ccc2Cl)c1. The van der Waals surface area contributed by atoms with E-state index < -0.39 is 16.0 Å². The molecule has 0 amide bonds. The molecule has 1 N–H and O–H groups in total. The second-order valence-corrected chi connectivity index (χ2v) is 12.5. The summed E-state index contributed by atoms with van der Waals surface area (Å²) >= 11 is 12.0. The molecule has 0 spiro atoms. The minimum atomic E-state index is -4.04. The molecule has 4 saturated carbocycles. The Morgan fingerprint density at radius 2 is 1.62 bits per heavy atom. The zero-order valence-electron chi connectivity index (χ0n) is 18.4. The van der Waals surface area contributed by atoms with Crippen LogP contribution in [-0.4, -0.2) is 26.8 Å². The van der Waals surface area contributed by atoms with E-state index >= 15 is 0 Å². The van der Waals surface area contributed by atoms with Crippen LogP contribution in [0.1, 0.15) is 48.9 Å². The van der Waals surface area contributed by atoms with Gasteiger partial charge in [0.15, 0.2) is 12.4 Å². The summed E-state index contributed by atoms with van der Waals surface area (Å²) in [5.41, 5.74) is -0.165.